The fourth-order valence-corrected chi connectivity index (χ4v) is 2.43. The van der Waals surface area contributed by atoms with E-state index in [1.54, 1.807) is 36.7 Å². The summed E-state index contributed by atoms with van der Waals surface area (Å²) in [5, 5.41) is 0. The molecule has 0 bridgehead atoms. The Kier molecular flexibility index (Phi) is 5.39. The van der Waals surface area contributed by atoms with Crippen molar-refractivity contribution in [2.45, 2.75) is 6.18 Å². The zero-order valence-electron chi connectivity index (χ0n) is 14.3. The number of hydrazine groups is 1. The molecule has 28 heavy (non-hydrogen) atoms. The molecule has 3 aromatic rings. The van der Waals surface area contributed by atoms with Crippen LogP contribution in [0.5, 0.6) is 0 Å². The van der Waals surface area contributed by atoms with Crippen LogP contribution in [0.4, 0.5) is 13.2 Å². The van der Waals surface area contributed by atoms with Crippen molar-refractivity contribution < 1.29 is 22.8 Å². The van der Waals surface area contributed by atoms with Gasteiger partial charge in [-0.2, -0.15) is 13.2 Å². The Balaban J connectivity index is 1.60. The van der Waals surface area contributed by atoms with Gasteiger partial charge < -0.3 is 0 Å². The number of carbonyl (C=O) groups excluding carboxylic acids is 2. The molecule has 2 N–H and O–H groups in total. The van der Waals surface area contributed by atoms with Crippen LogP contribution in [0.2, 0.25) is 0 Å². The van der Waals surface area contributed by atoms with Gasteiger partial charge in [0.25, 0.3) is 11.8 Å². The van der Waals surface area contributed by atoms with Crippen molar-refractivity contribution in [2.24, 2.45) is 0 Å². The number of carbonyl (C=O) groups is 2. The average Bonchev–Trinajstić information content (AvgIpc) is 2.72. The number of hydrogen-bond donors (Lipinski definition) is 2. The first-order valence-corrected chi connectivity index (χ1v) is 8.13. The van der Waals surface area contributed by atoms with Gasteiger partial charge in [-0.15, -0.1) is 0 Å². The summed E-state index contributed by atoms with van der Waals surface area (Å²) in [6.45, 7) is 0. The second-order valence-electron chi connectivity index (χ2n) is 5.80. The Morgan fingerprint density at radius 3 is 1.57 bits per heavy atom. The second-order valence-corrected chi connectivity index (χ2v) is 5.80. The van der Waals surface area contributed by atoms with E-state index in [4.69, 9.17) is 0 Å². The van der Waals surface area contributed by atoms with Crippen LogP contribution in [0.3, 0.4) is 0 Å². The Labute approximate surface area is 158 Å². The number of hydrogen-bond acceptors (Lipinski definition) is 3. The molecular formula is C20H14F3N3O2. The molecule has 0 saturated heterocycles. The highest BCUT2D eigenvalue weighted by molar-refractivity contribution is 5.99. The Hall–Kier alpha value is -3.68. The molecule has 0 fully saturated rings. The summed E-state index contributed by atoms with van der Waals surface area (Å²) in [5.74, 6) is -1.28. The molecule has 1 heterocycles. The number of amides is 2. The topological polar surface area (TPSA) is 71.1 Å². The van der Waals surface area contributed by atoms with Crippen LogP contribution in [0, 0.1) is 0 Å². The summed E-state index contributed by atoms with van der Waals surface area (Å²) in [4.78, 5) is 28.0. The lowest BCUT2D eigenvalue weighted by atomic mass is 10.1. The van der Waals surface area contributed by atoms with Crippen LogP contribution < -0.4 is 10.9 Å². The highest BCUT2D eigenvalue weighted by Gasteiger charge is 2.30. The number of aromatic nitrogens is 1. The van der Waals surface area contributed by atoms with Crippen LogP contribution in [0.25, 0.3) is 11.1 Å². The molecule has 0 aliphatic carbocycles. The number of nitrogens with zero attached hydrogens (tertiary/aromatic N) is 1. The monoisotopic (exact) mass is 385 g/mol. The van der Waals surface area contributed by atoms with Crippen molar-refractivity contribution in [1.82, 2.24) is 15.8 Å². The molecule has 142 valence electrons. The smallest absolute Gasteiger partial charge is 0.267 e. The predicted octanol–water partition coefficient (Wildman–Crippen LogP) is 3.84. The molecule has 0 spiro atoms. The first-order valence-electron chi connectivity index (χ1n) is 8.13. The quantitative estimate of drug-likeness (QED) is 0.673. The number of pyridine rings is 1. The van der Waals surface area contributed by atoms with Gasteiger partial charge in [-0.1, -0.05) is 12.1 Å². The summed E-state index contributed by atoms with van der Waals surface area (Å²) >= 11 is 0. The van der Waals surface area contributed by atoms with Gasteiger partial charge in [-0.05, 0) is 59.7 Å². The van der Waals surface area contributed by atoms with Gasteiger partial charge in [0.15, 0.2) is 0 Å². The fraction of sp³-hybridized carbons (Fsp3) is 0.0500. The van der Waals surface area contributed by atoms with E-state index in [1.165, 1.54) is 0 Å². The summed E-state index contributed by atoms with van der Waals surface area (Å²) in [6.07, 6.45) is -1.16. The molecular weight excluding hydrogens is 371 g/mol. The summed E-state index contributed by atoms with van der Waals surface area (Å²) in [6, 6.07) is 14.0. The van der Waals surface area contributed by atoms with E-state index in [9.17, 15) is 22.8 Å². The SMILES string of the molecule is O=C(NNC(=O)c1ccc(C(F)(F)F)cc1)c1ccc(-c2ccncc2)cc1. The highest BCUT2D eigenvalue weighted by atomic mass is 19.4. The third kappa shape index (κ3) is 4.53. The highest BCUT2D eigenvalue weighted by Crippen LogP contribution is 2.29. The van der Waals surface area contributed by atoms with E-state index in [1.807, 2.05) is 12.1 Å². The third-order valence-electron chi connectivity index (χ3n) is 3.92. The number of halogens is 3. The summed E-state index contributed by atoms with van der Waals surface area (Å²) < 4.78 is 37.6. The van der Waals surface area contributed by atoms with E-state index in [-0.39, 0.29) is 5.56 Å². The molecule has 2 amide bonds. The van der Waals surface area contributed by atoms with Crippen molar-refractivity contribution >= 4 is 11.8 Å². The zero-order valence-corrected chi connectivity index (χ0v) is 14.3. The standard InChI is InChI=1S/C20H14F3N3O2/c21-20(22,23)17-7-5-16(6-8-17)19(28)26-25-18(27)15-3-1-13(2-4-15)14-9-11-24-12-10-14/h1-12H,(H,25,27)(H,26,28). The first-order chi connectivity index (χ1) is 13.3. The molecule has 0 radical (unpaired) electrons. The minimum atomic E-state index is -4.48. The lowest BCUT2D eigenvalue weighted by Crippen LogP contribution is -2.41. The minimum absolute atomic E-state index is 0.0127. The third-order valence-corrected chi connectivity index (χ3v) is 3.92. The number of benzene rings is 2. The van der Waals surface area contributed by atoms with Crippen molar-refractivity contribution in [2.75, 3.05) is 0 Å². The second kappa shape index (κ2) is 7.91. The van der Waals surface area contributed by atoms with Crippen LogP contribution in [0.15, 0.2) is 73.1 Å². The largest absolute Gasteiger partial charge is 0.416 e. The van der Waals surface area contributed by atoms with Crippen LogP contribution in [-0.2, 0) is 6.18 Å². The molecule has 0 aliphatic rings. The van der Waals surface area contributed by atoms with E-state index in [2.05, 4.69) is 15.8 Å². The first kappa shape index (κ1) is 19.1. The Morgan fingerprint density at radius 2 is 1.11 bits per heavy atom. The van der Waals surface area contributed by atoms with Crippen molar-refractivity contribution in [3.8, 4) is 11.1 Å². The molecule has 0 atom stereocenters. The van der Waals surface area contributed by atoms with Crippen LogP contribution in [-0.4, -0.2) is 16.8 Å². The van der Waals surface area contributed by atoms with Crippen molar-refractivity contribution in [3.63, 3.8) is 0 Å². The van der Waals surface area contributed by atoms with Gasteiger partial charge in [0, 0.05) is 23.5 Å². The van der Waals surface area contributed by atoms with E-state index in [0.29, 0.717) is 5.56 Å². The fourth-order valence-electron chi connectivity index (χ4n) is 2.43. The van der Waals surface area contributed by atoms with Gasteiger partial charge in [0.1, 0.15) is 0 Å². The van der Waals surface area contributed by atoms with Gasteiger partial charge in [-0.25, -0.2) is 0 Å². The lowest BCUT2D eigenvalue weighted by Gasteiger charge is -2.10. The maximum atomic E-state index is 12.5. The maximum Gasteiger partial charge on any atom is 0.416 e. The predicted molar refractivity (Wildman–Crippen MR) is 96.0 cm³/mol. The molecule has 3 rings (SSSR count). The molecule has 0 aliphatic heterocycles. The lowest BCUT2D eigenvalue weighted by molar-refractivity contribution is -0.137. The molecule has 2 aromatic carbocycles. The van der Waals surface area contributed by atoms with E-state index >= 15 is 0 Å². The van der Waals surface area contributed by atoms with Gasteiger partial charge in [0.2, 0.25) is 0 Å². The number of nitrogens with one attached hydrogen (secondary N) is 2. The van der Waals surface area contributed by atoms with Gasteiger partial charge in [-0.3, -0.25) is 25.4 Å². The van der Waals surface area contributed by atoms with Crippen LogP contribution >= 0.6 is 0 Å². The molecule has 5 nitrogen and oxygen atoms in total. The van der Waals surface area contributed by atoms with Crippen molar-refractivity contribution in [3.05, 3.63) is 89.7 Å². The Bertz CT molecular complexity index is 970. The van der Waals surface area contributed by atoms with Gasteiger partial charge in [0.05, 0.1) is 5.56 Å². The average molecular weight is 385 g/mol. The molecule has 0 saturated carbocycles. The number of rotatable bonds is 3. The summed E-state index contributed by atoms with van der Waals surface area (Å²) in [5.41, 5.74) is 5.68. The maximum absolute atomic E-state index is 12.5. The molecule has 8 heteroatoms. The van der Waals surface area contributed by atoms with E-state index in [0.717, 1.165) is 35.4 Å². The normalized spacial score (nSPS) is 11.0. The zero-order chi connectivity index (χ0) is 20.1. The summed E-state index contributed by atoms with van der Waals surface area (Å²) in [7, 11) is 0. The minimum Gasteiger partial charge on any atom is -0.267 e. The molecule has 1 aromatic heterocycles. The van der Waals surface area contributed by atoms with Gasteiger partial charge >= 0.3 is 6.18 Å². The van der Waals surface area contributed by atoms with Crippen LogP contribution in [0.1, 0.15) is 26.3 Å². The number of alkyl halides is 3. The Morgan fingerprint density at radius 1 is 0.679 bits per heavy atom. The van der Waals surface area contributed by atoms with E-state index < -0.39 is 23.6 Å². The van der Waals surface area contributed by atoms with Crippen molar-refractivity contribution in [1.29, 1.82) is 0 Å². The molecule has 0 unspecified atom stereocenters.